The van der Waals surface area contributed by atoms with Crippen LogP contribution in [-0.4, -0.2) is 11.9 Å². The Bertz CT molecular complexity index is 667. The van der Waals surface area contributed by atoms with E-state index in [0.29, 0.717) is 23.2 Å². The lowest BCUT2D eigenvalue weighted by Gasteiger charge is -2.04. The van der Waals surface area contributed by atoms with Crippen molar-refractivity contribution in [2.45, 2.75) is 25.4 Å². The third kappa shape index (κ3) is 3.77. The molecule has 0 saturated heterocycles. The highest BCUT2D eigenvalue weighted by molar-refractivity contribution is 9.10. The fraction of sp³-hybridized carbons (Fsp3) is 0.267. The molecular weight excluding hydrogens is 350 g/mol. The number of amides is 1. The second-order valence-corrected chi connectivity index (χ2v) is 7.09. The molecule has 4 N–H and O–H groups in total. The monoisotopic (exact) mass is 365 g/mol. The van der Waals surface area contributed by atoms with Gasteiger partial charge in [-0.25, -0.2) is 0 Å². The molecule has 3 rings (SSSR count). The minimum Gasteiger partial charge on any atom is -0.397 e. The van der Waals surface area contributed by atoms with Gasteiger partial charge in [-0.05, 0) is 36.6 Å². The smallest absolute Gasteiger partial charge is 0.263 e. The van der Waals surface area contributed by atoms with Crippen molar-refractivity contribution in [3.8, 4) is 0 Å². The molecule has 0 spiro atoms. The first-order valence-corrected chi connectivity index (χ1v) is 8.41. The first kappa shape index (κ1) is 14.4. The quantitative estimate of drug-likeness (QED) is 0.758. The van der Waals surface area contributed by atoms with E-state index in [1.54, 1.807) is 0 Å². The average molecular weight is 366 g/mol. The van der Waals surface area contributed by atoms with Crippen LogP contribution in [0.4, 0.5) is 10.7 Å². The van der Waals surface area contributed by atoms with E-state index in [9.17, 15) is 4.79 Å². The Labute approximate surface area is 135 Å². The number of nitrogens with one attached hydrogen (secondary N) is 2. The number of halogens is 1. The van der Waals surface area contributed by atoms with Gasteiger partial charge in [0.15, 0.2) is 0 Å². The molecule has 1 aromatic carbocycles. The van der Waals surface area contributed by atoms with Crippen LogP contribution in [0.3, 0.4) is 0 Å². The Balaban J connectivity index is 1.64. The highest BCUT2D eigenvalue weighted by Gasteiger charge is 2.25. The second-order valence-electron chi connectivity index (χ2n) is 5.13. The maximum atomic E-state index is 12.0. The van der Waals surface area contributed by atoms with Crippen molar-refractivity contribution in [3.63, 3.8) is 0 Å². The van der Waals surface area contributed by atoms with E-state index in [2.05, 4.69) is 38.7 Å². The van der Waals surface area contributed by atoms with Crippen molar-refractivity contribution in [2.75, 3.05) is 11.1 Å². The Morgan fingerprint density at radius 1 is 1.38 bits per heavy atom. The molecule has 0 atom stereocenters. The zero-order chi connectivity index (χ0) is 14.8. The first-order valence-electron chi connectivity index (χ1n) is 6.80. The molecule has 2 aromatic rings. The predicted molar refractivity (Wildman–Crippen MR) is 90.7 cm³/mol. The highest BCUT2D eigenvalue weighted by Crippen LogP contribution is 2.30. The largest absolute Gasteiger partial charge is 0.397 e. The van der Waals surface area contributed by atoms with Gasteiger partial charge in [0, 0.05) is 17.1 Å². The van der Waals surface area contributed by atoms with Crippen LogP contribution in [0.2, 0.25) is 0 Å². The number of nitrogen functional groups attached to an aromatic ring is 1. The van der Waals surface area contributed by atoms with Crippen molar-refractivity contribution in [3.05, 3.63) is 45.2 Å². The fourth-order valence-electron chi connectivity index (χ4n) is 1.98. The van der Waals surface area contributed by atoms with Crippen LogP contribution in [0.15, 0.2) is 34.8 Å². The van der Waals surface area contributed by atoms with Crippen LogP contribution in [0.25, 0.3) is 0 Å². The molecule has 0 bridgehead atoms. The van der Waals surface area contributed by atoms with E-state index in [1.165, 1.54) is 16.9 Å². The molecule has 1 aliphatic rings. The van der Waals surface area contributed by atoms with Crippen molar-refractivity contribution in [1.82, 2.24) is 5.32 Å². The van der Waals surface area contributed by atoms with Gasteiger partial charge in [0.2, 0.25) is 0 Å². The van der Waals surface area contributed by atoms with Crippen LogP contribution in [0, 0.1) is 0 Å². The van der Waals surface area contributed by atoms with Crippen LogP contribution in [-0.2, 0) is 6.54 Å². The number of carbonyl (C=O) groups excluding carboxylic acids is 1. The molecule has 0 unspecified atom stereocenters. The summed E-state index contributed by atoms with van der Waals surface area (Å²) in [5, 5.41) is 7.18. The lowest BCUT2D eigenvalue weighted by atomic mass is 10.2. The third-order valence-corrected chi connectivity index (χ3v) is 4.84. The van der Waals surface area contributed by atoms with Crippen molar-refractivity contribution < 1.29 is 4.79 Å². The summed E-state index contributed by atoms with van der Waals surface area (Å²) in [5.74, 6) is -0.0597. The van der Waals surface area contributed by atoms with Crippen molar-refractivity contribution in [1.29, 1.82) is 0 Å². The summed E-state index contributed by atoms with van der Waals surface area (Å²) >= 11 is 4.85. The molecule has 0 radical (unpaired) electrons. The van der Waals surface area contributed by atoms with E-state index >= 15 is 0 Å². The van der Waals surface area contributed by atoms with E-state index < -0.39 is 0 Å². The Morgan fingerprint density at radius 3 is 2.90 bits per heavy atom. The third-order valence-electron chi connectivity index (χ3n) is 3.24. The average Bonchev–Trinajstić information content (AvgIpc) is 3.17. The van der Waals surface area contributed by atoms with E-state index in [0.717, 1.165) is 22.3 Å². The molecule has 1 amide bonds. The highest BCUT2D eigenvalue weighted by atomic mass is 79.9. The summed E-state index contributed by atoms with van der Waals surface area (Å²) in [7, 11) is 0. The number of carbonyl (C=O) groups is 1. The van der Waals surface area contributed by atoms with Gasteiger partial charge in [0.05, 0.1) is 10.7 Å². The SMILES string of the molecule is Nc1cc(NCc2cccc(Br)c2)sc1C(=O)NC1CC1. The molecule has 1 aromatic heterocycles. The number of hydrogen-bond acceptors (Lipinski definition) is 4. The topological polar surface area (TPSA) is 67.1 Å². The first-order chi connectivity index (χ1) is 10.1. The molecule has 1 aliphatic carbocycles. The van der Waals surface area contributed by atoms with Gasteiger partial charge in [0.1, 0.15) is 4.88 Å². The molecule has 1 saturated carbocycles. The molecule has 6 heteroatoms. The van der Waals surface area contributed by atoms with Gasteiger partial charge in [-0.1, -0.05) is 28.1 Å². The second kappa shape index (κ2) is 6.07. The molecule has 21 heavy (non-hydrogen) atoms. The van der Waals surface area contributed by atoms with Gasteiger partial charge in [-0.3, -0.25) is 4.79 Å². The number of hydrogen-bond donors (Lipinski definition) is 3. The normalized spacial score (nSPS) is 14.0. The standard InChI is InChI=1S/C15H16BrN3OS/c16-10-3-1-2-9(6-10)8-18-13-7-12(17)14(21-13)15(20)19-11-4-5-11/h1-3,6-7,11,18H,4-5,8,17H2,(H,19,20). The molecule has 4 nitrogen and oxygen atoms in total. The minimum absolute atomic E-state index is 0.0597. The molecule has 0 aliphatic heterocycles. The maximum Gasteiger partial charge on any atom is 0.263 e. The number of nitrogens with two attached hydrogens (primary N) is 1. The summed E-state index contributed by atoms with van der Waals surface area (Å²) in [5.41, 5.74) is 7.64. The zero-order valence-electron chi connectivity index (χ0n) is 11.4. The molecule has 110 valence electrons. The van der Waals surface area contributed by atoms with Crippen molar-refractivity contribution in [2.24, 2.45) is 0 Å². The van der Waals surface area contributed by atoms with E-state index in [4.69, 9.17) is 5.73 Å². The Kier molecular flexibility index (Phi) is 4.17. The lowest BCUT2D eigenvalue weighted by molar-refractivity contribution is 0.0956. The van der Waals surface area contributed by atoms with Crippen LogP contribution >= 0.6 is 27.3 Å². The van der Waals surface area contributed by atoms with Crippen LogP contribution in [0.1, 0.15) is 28.1 Å². The number of thiophene rings is 1. The zero-order valence-corrected chi connectivity index (χ0v) is 13.8. The van der Waals surface area contributed by atoms with Gasteiger partial charge < -0.3 is 16.4 Å². The van der Waals surface area contributed by atoms with Gasteiger partial charge >= 0.3 is 0 Å². The van der Waals surface area contributed by atoms with Gasteiger partial charge in [-0.15, -0.1) is 11.3 Å². The number of benzene rings is 1. The summed E-state index contributed by atoms with van der Waals surface area (Å²) in [6.45, 7) is 0.697. The lowest BCUT2D eigenvalue weighted by Crippen LogP contribution is -2.25. The van der Waals surface area contributed by atoms with E-state index in [-0.39, 0.29) is 5.91 Å². The summed E-state index contributed by atoms with van der Waals surface area (Å²) in [6, 6.07) is 10.3. The van der Waals surface area contributed by atoms with Crippen molar-refractivity contribution >= 4 is 43.9 Å². The van der Waals surface area contributed by atoms with Crippen LogP contribution < -0.4 is 16.4 Å². The Hall–Kier alpha value is -1.53. The maximum absolute atomic E-state index is 12.0. The molecule has 1 fully saturated rings. The van der Waals surface area contributed by atoms with E-state index in [1.807, 2.05) is 18.2 Å². The minimum atomic E-state index is -0.0597. The van der Waals surface area contributed by atoms with Crippen LogP contribution in [0.5, 0.6) is 0 Å². The van der Waals surface area contributed by atoms with Gasteiger partial charge in [0.25, 0.3) is 5.91 Å². The number of anilines is 2. The van der Waals surface area contributed by atoms with Gasteiger partial charge in [-0.2, -0.15) is 0 Å². The molecule has 1 heterocycles. The summed E-state index contributed by atoms with van der Waals surface area (Å²) < 4.78 is 1.05. The number of rotatable bonds is 5. The predicted octanol–water partition coefficient (Wildman–Crippen LogP) is 3.60. The summed E-state index contributed by atoms with van der Waals surface area (Å²) in [6.07, 6.45) is 2.15. The molecular formula is C15H16BrN3OS. The Morgan fingerprint density at radius 2 is 2.19 bits per heavy atom. The fourth-order valence-corrected chi connectivity index (χ4v) is 3.31. The summed E-state index contributed by atoms with van der Waals surface area (Å²) in [4.78, 5) is 12.6.